The van der Waals surface area contributed by atoms with Gasteiger partial charge in [0.1, 0.15) is 11.5 Å². The van der Waals surface area contributed by atoms with Crippen LogP contribution in [0, 0.1) is 15.9 Å². The minimum Gasteiger partial charge on any atom is -0.378 e. The molecule has 2 aromatic carbocycles. The highest BCUT2D eigenvalue weighted by Crippen LogP contribution is 2.22. The molecule has 2 aromatic rings. The van der Waals surface area contributed by atoms with E-state index in [2.05, 4.69) is 16.0 Å². The number of rotatable bonds is 7. The Kier molecular flexibility index (Phi) is 6.44. The molecule has 0 amide bonds. The van der Waals surface area contributed by atoms with Gasteiger partial charge >= 0.3 is 0 Å². The molecule has 0 bridgehead atoms. The molecule has 0 aliphatic rings. The van der Waals surface area contributed by atoms with Crippen molar-refractivity contribution in [3.63, 3.8) is 0 Å². The number of thiocarbonyl (C=S) groups is 1. The van der Waals surface area contributed by atoms with Crippen LogP contribution < -0.4 is 16.0 Å². The third kappa shape index (κ3) is 5.47. The highest BCUT2D eigenvalue weighted by molar-refractivity contribution is 7.80. The van der Waals surface area contributed by atoms with Crippen LogP contribution in [0.5, 0.6) is 0 Å². The van der Waals surface area contributed by atoms with Crippen LogP contribution in [0.1, 0.15) is 5.56 Å². The number of benzene rings is 2. The van der Waals surface area contributed by atoms with Crippen molar-refractivity contribution in [2.75, 3.05) is 18.4 Å². The van der Waals surface area contributed by atoms with E-state index in [1.165, 1.54) is 18.2 Å². The minimum atomic E-state index is -0.426. The second kappa shape index (κ2) is 8.78. The van der Waals surface area contributed by atoms with E-state index >= 15 is 0 Å². The lowest BCUT2D eigenvalue weighted by atomic mass is 10.2. The van der Waals surface area contributed by atoms with Crippen molar-refractivity contribution < 1.29 is 9.31 Å². The van der Waals surface area contributed by atoms with Gasteiger partial charge in [0.25, 0.3) is 5.69 Å². The number of para-hydroxylation sites is 2. The van der Waals surface area contributed by atoms with Gasteiger partial charge in [-0.2, -0.15) is 0 Å². The van der Waals surface area contributed by atoms with Crippen LogP contribution in [0.25, 0.3) is 0 Å². The van der Waals surface area contributed by atoms with Crippen molar-refractivity contribution >= 4 is 28.7 Å². The second-order valence-corrected chi connectivity index (χ2v) is 5.35. The number of nitro groups is 1. The third-order valence-electron chi connectivity index (χ3n) is 3.19. The molecule has 6 nitrogen and oxygen atoms in total. The molecule has 126 valence electrons. The van der Waals surface area contributed by atoms with E-state index in [4.69, 9.17) is 12.2 Å². The SMILES string of the molecule is O=[N+]([O-])c1ccccc1NCCNC(=S)NCc1ccc(F)cc1. The first-order valence-electron chi connectivity index (χ1n) is 7.29. The molecule has 2 rings (SSSR count). The van der Waals surface area contributed by atoms with Crippen molar-refractivity contribution in [3.05, 3.63) is 70.0 Å². The van der Waals surface area contributed by atoms with E-state index in [1.54, 1.807) is 30.3 Å². The fourth-order valence-corrected chi connectivity index (χ4v) is 2.18. The van der Waals surface area contributed by atoms with Gasteiger partial charge in [0.05, 0.1) is 4.92 Å². The van der Waals surface area contributed by atoms with Gasteiger partial charge < -0.3 is 16.0 Å². The van der Waals surface area contributed by atoms with Crippen molar-refractivity contribution in [3.8, 4) is 0 Å². The Labute approximate surface area is 144 Å². The monoisotopic (exact) mass is 348 g/mol. The number of nitro benzene ring substituents is 1. The molecule has 8 heteroatoms. The van der Waals surface area contributed by atoms with Gasteiger partial charge in [-0.3, -0.25) is 10.1 Å². The molecule has 0 aliphatic heterocycles. The molecule has 0 aromatic heterocycles. The van der Waals surface area contributed by atoms with Gasteiger partial charge in [-0.05, 0) is 36.0 Å². The summed E-state index contributed by atoms with van der Waals surface area (Å²) in [6.07, 6.45) is 0. The molecule has 24 heavy (non-hydrogen) atoms. The van der Waals surface area contributed by atoms with E-state index in [-0.39, 0.29) is 11.5 Å². The van der Waals surface area contributed by atoms with E-state index in [9.17, 15) is 14.5 Å². The Morgan fingerprint density at radius 3 is 2.50 bits per heavy atom. The van der Waals surface area contributed by atoms with Crippen molar-refractivity contribution in [1.29, 1.82) is 0 Å². The Bertz CT molecular complexity index is 709. The summed E-state index contributed by atoms with van der Waals surface area (Å²) >= 11 is 5.14. The molecule has 0 heterocycles. The summed E-state index contributed by atoms with van der Waals surface area (Å²) < 4.78 is 12.8. The van der Waals surface area contributed by atoms with Crippen LogP contribution in [0.4, 0.5) is 15.8 Å². The summed E-state index contributed by atoms with van der Waals surface area (Å²) in [5.41, 5.74) is 1.42. The quantitative estimate of drug-likeness (QED) is 0.309. The Balaban J connectivity index is 1.69. The number of anilines is 1. The van der Waals surface area contributed by atoms with Gasteiger partial charge in [0.15, 0.2) is 5.11 Å². The molecule has 0 spiro atoms. The zero-order valence-corrected chi connectivity index (χ0v) is 13.6. The van der Waals surface area contributed by atoms with E-state index in [0.29, 0.717) is 30.4 Å². The maximum atomic E-state index is 12.8. The highest BCUT2D eigenvalue weighted by Gasteiger charge is 2.11. The minimum absolute atomic E-state index is 0.0366. The molecular weight excluding hydrogens is 331 g/mol. The first kappa shape index (κ1) is 17.6. The fourth-order valence-electron chi connectivity index (χ4n) is 2.00. The molecule has 3 N–H and O–H groups in total. The number of hydrogen-bond donors (Lipinski definition) is 3. The Morgan fingerprint density at radius 1 is 1.08 bits per heavy atom. The molecule has 0 saturated heterocycles. The maximum Gasteiger partial charge on any atom is 0.292 e. The van der Waals surface area contributed by atoms with Crippen LogP contribution in [0.3, 0.4) is 0 Å². The van der Waals surface area contributed by atoms with Gasteiger partial charge in [0.2, 0.25) is 0 Å². The summed E-state index contributed by atoms with van der Waals surface area (Å²) in [5, 5.41) is 20.4. The van der Waals surface area contributed by atoms with Gasteiger partial charge in [-0.1, -0.05) is 24.3 Å². The van der Waals surface area contributed by atoms with E-state index in [0.717, 1.165) is 5.56 Å². The number of halogens is 1. The molecule has 0 fully saturated rings. The zero-order valence-electron chi connectivity index (χ0n) is 12.8. The van der Waals surface area contributed by atoms with Gasteiger partial charge in [-0.15, -0.1) is 0 Å². The highest BCUT2D eigenvalue weighted by atomic mass is 32.1. The van der Waals surface area contributed by atoms with Crippen molar-refractivity contribution in [2.45, 2.75) is 6.54 Å². The standard InChI is InChI=1S/C16H17FN4O2S/c17-13-7-5-12(6-8-13)11-20-16(24)19-10-9-18-14-3-1-2-4-15(14)21(22)23/h1-8,18H,9-11H2,(H2,19,20,24). The van der Waals surface area contributed by atoms with Crippen molar-refractivity contribution in [2.24, 2.45) is 0 Å². The topological polar surface area (TPSA) is 79.2 Å². The summed E-state index contributed by atoms with van der Waals surface area (Å²) in [6, 6.07) is 12.6. The lowest BCUT2D eigenvalue weighted by Gasteiger charge is -2.11. The lowest BCUT2D eigenvalue weighted by molar-refractivity contribution is -0.384. The number of nitrogens with zero attached hydrogens (tertiary/aromatic N) is 1. The molecule has 0 saturated carbocycles. The lowest BCUT2D eigenvalue weighted by Crippen LogP contribution is -2.37. The number of nitrogens with one attached hydrogen (secondary N) is 3. The van der Waals surface area contributed by atoms with Gasteiger partial charge in [0, 0.05) is 25.7 Å². The zero-order chi connectivity index (χ0) is 17.4. The van der Waals surface area contributed by atoms with Crippen LogP contribution in [0.15, 0.2) is 48.5 Å². The normalized spacial score (nSPS) is 10.0. The Hall–Kier alpha value is -2.74. The molecule has 0 aliphatic carbocycles. The van der Waals surface area contributed by atoms with E-state index < -0.39 is 4.92 Å². The average Bonchev–Trinajstić information content (AvgIpc) is 2.58. The Morgan fingerprint density at radius 2 is 1.79 bits per heavy atom. The van der Waals surface area contributed by atoms with Crippen LogP contribution in [-0.4, -0.2) is 23.1 Å². The average molecular weight is 348 g/mol. The van der Waals surface area contributed by atoms with Crippen LogP contribution in [0.2, 0.25) is 0 Å². The molecule has 0 unspecified atom stereocenters. The summed E-state index contributed by atoms with van der Waals surface area (Å²) in [5.74, 6) is -0.277. The van der Waals surface area contributed by atoms with Crippen molar-refractivity contribution in [1.82, 2.24) is 10.6 Å². The third-order valence-corrected chi connectivity index (χ3v) is 3.48. The van der Waals surface area contributed by atoms with Gasteiger partial charge in [-0.25, -0.2) is 4.39 Å². The second-order valence-electron chi connectivity index (χ2n) is 4.94. The summed E-state index contributed by atoms with van der Waals surface area (Å²) in [6.45, 7) is 1.47. The largest absolute Gasteiger partial charge is 0.378 e. The molecular formula is C16H17FN4O2S. The maximum absolute atomic E-state index is 12.8. The fraction of sp³-hybridized carbons (Fsp3) is 0.188. The predicted octanol–water partition coefficient (Wildman–Crippen LogP) is 2.81. The van der Waals surface area contributed by atoms with E-state index in [1.807, 2.05) is 0 Å². The first-order chi connectivity index (χ1) is 11.6. The molecule has 0 atom stereocenters. The summed E-state index contributed by atoms with van der Waals surface area (Å²) in [4.78, 5) is 10.5. The van der Waals surface area contributed by atoms with Crippen LogP contribution >= 0.6 is 12.2 Å². The van der Waals surface area contributed by atoms with Crippen LogP contribution in [-0.2, 0) is 6.54 Å². The molecule has 0 radical (unpaired) electrons. The first-order valence-corrected chi connectivity index (χ1v) is 7.70. The number of hydrogen-bond acceptors (Lipinski definition) is 4. The predicted molar refractivity (Wildman–Crippen MR) is 95.4 cm³/mol. The smallest absolute Gasteiger partial charge is 0.292 e. The summed E-state index contributed by atoms with van der Waals surface area (Å²) in [7, 11) is 0.